The number of rotatable bonds is 7. The number of imide groups is 1. The monoisotopic (exact) mass is 409 g/mol. The molecule has 0 unspecified atom stereocenters. The molecule has 2 aromatic carbocycles. The number of nitrogens with zero attached hydrogens (tertiary/aromatic N) is 1. The van der Waals surface area contributed by atoms with Crippen LogP contribution in [0.25, 0.3) is 6.08 Å². The van der Waals surface area contributed by atoms with E-state index in [9.17, 15) is 14.4 Å². The standard InChI is InChI=1S/C22H23N3O5/c1-4-30-19-12-15(8-9-18(19)29-3)11-17-21(27)25(22(28)24-17)13-20(26)23-16-7-5-6-14(2)10-16/h5-12H,4,13H2,1-3H3,(H,23,26)(H,24,28)/b17-11-. The minimum atomic E-state index is -0.649. The van der Waals surface area contributed by atoms with Gasteiger partial charge in [-0.3, -0.25) is 9.59 Å². The van der Waals surface area contributed by atoms with Gasteiger partial charge in [-0.1, -0.05) is 18.2 Å². The van der Waals surface area contributed by atoms with E-state index < -0.39 is 17.8 Å². The Bertz CT molecular complexity index is 1020. The normalized spacial score (nSPS) is 14.6. The van der Waals surface area contributed by atoms with Crippen LogP contribution in [-0.4, -0.2) is 43.0 Å². The lowest BCUT2D eigenvalue weighted by molar-refractivity contribution is -0.127. The summed E-state index contributed by atoms with van der Waals surface area (Å²) in [6.07, 6.45) is 1.53. The average Bonchev–Trinajstić information content (AvgIpc) is 2.96. The molecule has 1 aliphatic rings. The molecule has 4 amide bonds. The molecule has 30 heavy (non-hydrogen) atoms. The van der Waals surface area contributed by atoms with Crippen molar-refractivity contribution >= 4 is 29.6 Å². The molecule has 2 aromatic rings. The van der Waals surface area contributed by atoms with Gasteiger partial charge in [-0.15, -0.1) is 0 Å². The third-order valence-corrected chi connectivity index (χ3v) is 4.36. The molecule has 0 spiro atoms. The molecule has 0 aliphatic carbocycles. The molecular formula is C22H23N3O5. The van der Waals surface area contributed by atoms with E-state index in [1.165, 1.54) is 13.2 Å². The number of anilines is 1. The number of carbonyl (C=O) groups is 3. The van der Waals surface area contributed by atoms with E-state index in [2.05, 4.69) is 10.6 Å². The van der Waals surface area contributed by atoms with E-state index in [1.54, 1.807) is 30.3 Å². The van der Waals surface area contributed by atoms with Crippen LogP contribution in [0.4, 0.5) is 10.5 Å². The Labute approximate surface area is 174 Å². The number of ether oxygens (including phenoxy) is 2. The highest BCUT2D eigenvalue weighted by Gasteiger charge is 2.35. The van der Waals surface area contributed by atoms with Crippen LogP contribution in [0.5, 0.6) is 11.5 Å². The maximum atomic E-state index is 12.6. The smallest absolute Gasteiger partial charge is 0.329 e. The number of carbonyl (C=O) groups excluding carboxylic acids is 3. The van der Waals surface area contributed by atoms with Crippen molar-refractivity contribution in [3.05, 3.63) is 59.3 Å². The molecule has 1 heterocycles. The number of urea groups is 1. The van der Waals surface area contributed by atoms with Crippen LogP contribution in [0.2, 0.25) is 0 Å². The van der Waals surface area contributed by atoms with Crippen LogP contribution in [0.15, 0.2) is 48.2 Å². The molecule has 2 N–H and O–H groups in total. The second-order valence-electron chi connectivity index (χ2n) is 6.64. The van der Waals surface area contributed by atoms with Crippen LogP contribution < -0.4 is 20.1 Å². The first kappa shape index (κ1) is 20.9. The van der Waals surface area contributed by atoms with Gasteiger partial charge in [0.15, 0.2) is 11.5 Å². The number of methoxy groups -OCH3 is 1. The van der Waals surface area contributed by atoms with Crippen molar-refractivity contribution in [1.29, 1.82) is 0 Å². The molecule has 0 radical (unpaired) electrons. The largest absolute Gasteiger partial charge is 0.493 e. The van der Waals surface area contributed by atoms with E-state index in [4.69, 9.17) is 9.47 Å². The summed E-state index contributed by atoms with van der Waals surface area (Å²) in [7, 11) is 1.54. The van der Waals surface area contributed by atoms with E-state index in [0.717, 1.165) is 10.5 Å². The molecule has 3 rings (SSSR count). The van der Waals surface area contributed by atoms with Crippen molar-refractivity contribution in [2.45, 2.75) is 13.8 Å². The Morgan fingerprint density at radius 2 is 1.97 bits per heavy atom. The molecule has 0 saturated carbocycles. The highest BCUT2D eigenvalue weighted by molar-refractivity contribution is 6.15. The fourth-order valence-corrected chi connectivity index (χ4v) is 3.00. The van der Waals surface area contributed by atoms with Crippen molar-refractivity contribution in [3.63, 3.8) is 0 Å². The minimum Gasteiger partial charge on any atom is -0.493 e. The Morgan fingerprint density at radius 1 is 1.17 bits per heavy atom. The van der Waals surface area contributed by atoms with Crippen molar-refractivity contribution in [3.8, 4) is 11.5 Å². The highest BCUT2D eigenvalue weighted by Crippen LogP contribution is 2.29. The molecule has 0 aromatic heterocycles. The summed E-state index contributed by atoms with van der Waals surface area (Å²) in [4.78, 5) is 38.0. The predicted molar refractivity (Wildman–Crippen MR) is 112 cm³/mol. The molecule has 1 saturated heterocycles. The summed E-state index contributed by atoms with van der Waals surface area (Å²) >= 11 is 0. The molecule has 156 valence electrons. The number of hydrogen-bond acceptors (Lipinski definition) is 5. The summed E-state index contributed by atoms with van der Waals surface area (Å²) in [6.45, 7) is 3.82. The fraction of sp³-hybridized carbons (Fsp3) is 0.227. The first-order chi connectivity index (χ1) is 14.4. The third-order valence-electron chi connectivity index (χ3n) is 4.36. The SMILES string of the molecule is CCOc1cc(/C=C2\NC(=O)N(CC(=O)Nc3cccc(C)c3)C2=O)ccc1OC. The van der Waals surface area contributed by atoms with Gasteiger partial charge < -0.3 is 20.1 Å². The number of aryl methyl sites for hydroxylation is 1. The average molecular weight is 409 g/mol. The van der Waals surface area contributed by atoms with Gasteiger partial charge >= 0.3 is 6.03 Å². The van der Waals surface area contributed by atoms with Crippen molar-refractivity contribution in [2.24, 2.45) is 0 Å². The first-order valence-corrected chi connectivity index (χ1v) is 9.43. The van der Waals surface area contributed by atoms with Gasteiger partial charge in [0, 0.05) is 5.69 Å². The van der Waals surface area contributed by atoms with Crippen molar-refractivity contribution < 1.29 is 23.9 Å². The Hall–Kier alpha value is -3.81. The first-order valence-electron chi connectivity index (χ1n) is 9.43. The number of hydrogen-bond donors (Lipinski definition) is 2. The van der Waals surface area contributed by atoms with E-state index >= 15 is 0 Å². The molecule has 1 aliphatic heterocycles. The maximum Gasteiger partial charge on any atom is 0.329 e. The van der Waals surface area contributed by atoms with Crippen molar-refractivity contribution in [1.82, 2.24) is 10.2 Å². The van der Waals surface area contributed by atoms with Gasteiger partial charge in [0.1, 0.15) is 12.2 Å². The highest BCUT2D eigenvalue weighted by atomic mass is 16.5. The number of amides is 4. The van der Waals surface area contributed by atoms with Crippen LogP contribution in [0.3, 0.4) is 0 Å². The van der Waals surface area contributed by atoms with Gasteiger partial charge in [0.2, 0.25) is 5.91 Å². The van der Waals surface area contributed by atoms with Crippen LogP contribution in [-0.2, 0) is 9.59 Å². The summed E-state index contributed by atoms with van der Waals surface area (Å²) < 4.78 is 10.8. The van der Waals surface area contributed by atoms with Gasteiger partial charge in [0.05, 0.1) is 13.7 Å². The number of benzene rings is 2. The van der Waals surface area contributed by atoms with E-state index in [0.29, 0.717) is 29.4 Å². The van der Waals surface area contributed by atoms with Gasteiger partial charge in [-0.05, 0) is 55.3 Å². The van der Waals surface area contributed by atoms with Gasteiger partial charge in [-0.2, -0.15) is 0 Å². The third kappa shape index (κ3) is 4.78. The Balaban J connectivity index is 1.72. The zero-order valence-electron chi connectivity index (χ0n) is 17.0. The van der Waals surface area contributed by atoms with Crippen LogP contribution in [0, 0.1) is 6.92 Å². The van der Waals surface area contributed by atoms with Gasteiger partial charge in [-0.25, -0.2) is 9.69 Å². The quantitative estimate of drug-likeness (QED) is 0.541. The molecule has 1 fully saturated rings. The van der Waals surface area contributed by atoms with E-state index in [1.807, 2.05) is 26.0 Å². The molecule has 0 atom stereocenters. The molecule has 0 bridgehead atoms. The Morgan fingerprint density at radius 3 is 2.67 bits per heavy atom. The second kappa shape index (κ2) is 9.13. The van der Waals surface area contributed by atoms with E-state index in [-0.39, 0.29) is 12.2 Å². The lowest BCUT2D eigenvalue weighted by Crippen LogP contribution is -2.38. The zero-order valence-corrected chi connectivity index (χ0v) is 17.0. The van der Waals surface area contributed by atoms with Crippen LogP contribution >= 0.6 is 0 Å². The molecule has 8 heteroatoms. The lowest BCUT2D eigenvalue weighted by Gasteiger charge is -2.12. The molecule has 8 nitrogen and oxygen atoms in total. The summed E-state index contributed by atoms with van der Waals surface area (Å²) in [5.74, 6) is 0.0531. The van der Waals surface area contributed by atoms with Crippen LogP contribution in [0.1, 0.15) is 18.1 Å². The fourth-order valence-electron chi connectivity index (χ4n) is 3.00. The summed E-state index contributed by atoms with van der Waals surface area (Å²) in [5, 5.41) is 5.19. The summed E-state index contributed by atoms with van der Waals surface area (Å²) in [6, 6.07) is 11.8. The number of nitrogens with one attached hydrogen (secondary N) is 2. The van der Waals surface area contributed by atoms with Gasteiger partial charge in [0.25, 0.3) is 5.91 Å². The summed E-state index contributed by atoms with van der Waals surface area (Å²) in [5.41, 5.74) is 2.31. The topological polar surface area (TPSA) is 97.0 Å². The second-order valence-corrected chi connectivity index (χ2v) is 6.64. The maximum absolute atomic E-state index is 12.6. The molecular weight excluding hydrogens is 386 g/mol. The Kier molecular flexibility index (Phi) is 6.36. The lowest BCUT2D eigenvalue weighted by atomic mass is 10.1. The minimum absolute atomic E-state index is 0.0796. The van der Waals surface area contributed by atoms with Crippen molar-refractivity contribution in [2.75, 3.05) is 25.6 Å². The zero-order chi connectivity index (χ0) is 21.7. The predicted octanol–water partition coefficient (Wildman–Crippen LogP) is 2.93.